The van der Waals surface area contributed by atoms with Crippen LogP contribution in [-0.4, -0.2) is 9.78 Å². The van der Waals surface area contributed by atoms with E-state index >= 15 is 0 Å². The summed E-state index contributed by atoms with van der Waals surface area (Å²) in [6.07, 6.45) is 13.1. The van der Waals surface area contributed by atoms with Gasteiger partial charge in [-0.2, -0.15) is 5.10 Å². The molecule has 110 valence electrons. The molecule has 3 nitrogen and oxygen atoms in total. The predicted molar refractivity (Wildman–Crippen MR) is 80.0 cm³/mol. The fraction of sp³-hybridized carbons (Fsp3) is 0.824. The van der Waals surface area contributed by atoms with E-state index < -0.39 is 0 Å². The number of nitrogens with two attached hydrogens (primary N) is 1. The molecule has 0 radical (unpaired) electrons. The fourth-order valence-electron chi connectivity index (χ4n) is 5.53. The van der Waals surface area contributed by atoms with E-state index in [0.29, 0.717) is 0 Å². The molecule has 0 aromatic carbocycles. The topological polar surface area (TPSA) is 43.8 Å². The lowest BCUT2D eigenvalue weighted by molar-refractivity contribution is -0.0413. The Hall–Kier alpha value is -0.830. The smallest absolute Gasteiger partial charge is 0.0537 e. The molecule has 1 aromatic rings. The number of aromatic nitrogens is 2. The van der Waals surface area contributed by atoms with Crippen molar-refractivity contribution in [3.63, 3.8) is 0 Å². The van der Waals surface area contributed by atoms with Crippen LogP contribution < -0.4 is 5.73 Å². The van der Waals surface area contributed by atoms with E-state index in [1.54, 1.807) is 6.42 Å². The molecule has 0 amide bonds. The monoisotopic (exact) mass is 273 g/mol. The summed E-state index contributed by atoms with van der Waals surface area (Å²) in [5.41, 5.74) is 7.07. The van der Waals surface area contributed by atoms with Crippen molar-refractivity contribution in [3.05, 3.63) is 18.0 Å². The maximum atomic E-state index is 5.91. The maximum absolute atomic E-state index is 5.91. The molecule has 4 bridgehead atoms. The van der Waals surface area contributed by atoms with E-state index in [0.717, 1.165) is 41.7 Å². The summed E-state index contributed by atoms with van der Waals surface area (Å²) < 4.78 is 2.11. The summed E-state index contributed by atoms with van der Waals surface area (Å²) in [5, 5.41) is 4.48. The molecular formula is C17H27N3. The van der Waals surface area contributed by atoms with Crippen LogP contribution >= 0.6 is 0 Å². The summed E-state index contributed by atoms with van der Waals surface area (Å²) in [7, 11) is 0. The zero-order valence-electron chi connectivity index (χ0n) is 12.5. The molecule has 3 heteroatoms. The number of rotatable bonds is 4. The van der Waals surface area contributed by atoms with Gasteiger partial charge in [0.15, 0.2) is 0 Å². The van der Waals surface area contributed by atoms with Gasteiger partial charge in [0, 0.05) is 24.3 Å². The van der Waals surface area contributed by atoms with Crippen LogP contribution in [0.1, 0.15) is 57.1 Å². The van der Waals surface area contributed by atoms with Crippen molar-refractivity contribution in [1.82, 2.24) is 9.78 Å². The van der Waals surface area contributed by atoms with Crippen molar-refractivity contribution < 1.29 is 0 Å². The minimum atomic E-state index is 0.102. The average molecular weight is 273 g/mol. The Bertz CT molecular complexity index is 448. The fourth-order valence-corrected chi connectivity index (χ4v) is 5.53. The van der Waals surface area contributed by atoms with Crippen molar-refractivity contribution in [3.8, 4) is 0 Å². The first-order valence-corrected chi connectivity index (χ1v) is 8.47. The highest BCUT2D eigenvalue weighted by Gasteiger charge is 2.47. The van der Waals surface area contributed by atoms with Gasteiger partial charge in [-0.05, 0) is 75.0 Å². The quantitative estimate of drug-likeness (QED) is 0.914. The largest absolute Gasteiger partial charge is 0.324 e. The van der Waals surface area contributed by atoms with Crippen LogP contribution in [-0.2, 0) is 6.54 Å². The molecule has 20 heavy (non-hydrogen) atoms. The SMILES string of the molecule is CC(N)c1cnn(CCC2C3CC4CC(C3)CC2C4)c1. The second-order valence-electron chi connectivity index (χ2n) is 7.71. The van der Waals surface area contributed by atoms with Gasteiger partial charge in [-0.3, -0.25) is 4.68 Å². The Balaban J connectivity index is 1.39. The lowest BCUT2D eigenvalue weighted by atomic mass is 9.51. The Morgan fingerprint density at radius 2 is 1.85 bits per heavy atom. The second kappa shape index (κ2) is 4.87. The van der Waals surface area contributed by atoms with Gasteiger partial charge in [0.2, 0.25) is 0 Å². The van der Waals surface area contributed by atoms with Gasteiger partial charge in [0.1, 0.15) is 0 Å². The van der Waals surface area contributed by atoms with Gasteiger partial charge in [-0.25, -0.2) is 0 Å². The minimum Gasteiger partial charge on any atom is -0.324 e. The van der Waals surface area contributed by atoms with E-state index in [-0.39, 0.29) is 6.04 Å². The zero-order valence-corrected chi connectivity index (χ0v) is 12.5. The predicted octanol–water partition coefficient (Wildman–Crippen LogP) is 3.37. The zero-order chi connectivity index (χ0) is 13.7. The van der Waals surface area contributed by atoms with Gasteiger partial charge in [-0.1, -0.05) is 0 Å². The number of aryl methyl sites for hydroxylation is 1. The first kappa shape index (κ1) is 12.9. The minimum absolute atomic E-state index is 0.102. The van der Waals surface area contributed by atoms with E-state index in [2.05, 4.69) is 16.0 Å². The third kappa shape index (κ3) is 2.20. The standard InChI is InChI=1S/C17H27N3/c1-11(18)16-9-19-20(10-16)3-2-17-14-5-12-4-13(7-14)8-15(17)6-12/h9-15,17H,2-8,18H2,1H3. The highest BCUT2D eigenvalue weighted by atomic mass is 15.3. The normalized spacial score (nSPS) is 40.2. The molecule has 1 atom stereocenters. The lowest BCUT2D eigenvalue weighted by Gasteiger charge is -2.54. The van der Waals surface area contributed by atoms with Crippen molar-refractivity contribution in [2.75, 3.05) is 0 Å². The molecule has 4 fully saturated rings. The Morgan fingerprint density at radius 1 is 1.20 bits per heavy atom. The van der Waals surface area contributed by atoms with Crippen LogP contribution in [0.4, 0.5) is 0 Å². The van der Waals surface area contributed by atoms with Crippen LogP contribution in [0.25, 0.3) is 0 Å². The molecule has 0 saturated heterocycles. The highest BCUT2D eigenvalue weighted by Crippen LogP contribution is 2.57. The number of hydrogen-bond donors (Lipinski definition) is 1. The summed E-state index contributed by atoms with van der Waals surface area (Å²) in [5.74, 6) is 5.22. The summed E-state index contributed by atoms with van der Waals surface area (Å²) in [4.78, 5) is 0. The van der Waals surface area contributed by atoms with E-state index in [1.807, 2.05) is 13.1 Å². The van der Waals surface area contributed by atoms with Crippen molar-refractivity contribution in [2.24, 2.45) is 35.3 Å². The second-order valence-corrected chi connectivity index (χ2v) is 7.71. The summed E-state index contributed by atoms with van der Waals surface area (Å²) in [6, 6.07) is 0.102. The molecule has 4 aliphatic carbocycles. The lowest BCUT2D eigenvalue weighted by Crippen LogP contribution is -2.45. The Kier molecular flexibility index (Phi) is 3.13. The summed E-state index contributed by atoms with van der Waals surface area (Å²) >= 11 is 0. The van der Waals surface area contributed by atoms with Gasteiger partial charge < -0.3 is 5.73 Å². The highest BCUT2D eigenvalue weighted by molar-refractivity contribution is 5.08. The number of hydrogen-bond acceptors (Lipinski definition) is 2. The molecule has 1 heterocycles. The van der Waals surface area contributed by atoms with E-state index in [9.17, 15) is 0 Å². The van der Waals surface area contributed by atoms with Gasteiger partial charge in [0.25, 0.3) is 0 Å². The molecule has 2 N–H and O–H groups in total. The van der Waals surface area contributed by atoms with Gasteiger partial charge in [-0.15, -0.1) is 0 Å². The van der Waals surface area contributed by atoms with Crippen molar-refractivity contribution >= 4 is 0 Å². The van der Waals surface area contributed by atoms with Crippen molar-refractivity contribution in [2.45, 2.75) is 58.0 Å². The summed E-state index contributed by atoms with van der Waals surface area (Å²) in [6.45, 7) is 3.11. The molecule has 4 aliphatic rings. The third-order valence-electron chi connectivity index (χ3n) is 6.29. The van der Waals surface area contributed by atoms with Gasteiger partial charge in [0.05, 0.1) is 6.20 Å². The molecule has 4 saturated carbocycles. The van der Waals surface area contributed by atoms with Crippen LogP contribution in [0, 0.1) is 29.6 Å². The molecule has 0 spiro atoms. The van der Waals surface area contributed by atoms with Crippen molar-refractivity contribution in [1.29, 1.82) is 0 Å². The van der Waals surface area contributed by atoms with Crippen LogP contribution in [0.3, 0.4) is 0 Å². The molecule has 5 rings (SSSR count). The van der Waals surface area contributed by atoms with Crippen LogP contribution in [0.5, 0.6) is 0 Å². The maximum Gasteiger partial charge on any atom is 0.0537 e. The third-order valence-corrected chi connectivity index (χ3v) is 6.29. The van der Waals surface area contributed by atoms with E-state index in [1.165, 1.54) is 32.1 Å². The van der Waals surface area contributed by atoms with E-state index in [4.69, 9.17) is 5.73 Å². The molecule has 1 unspecified atom stereocenters. The van der Waals surface area contributed by atoms with Crippen LogP contribution in [0.2, 0.25) is 0 Å². The Labute approximate surface area is 121 Å². The Morgan fingerprint density at radius 3 is 2.40 bits per heavy atom. The molecular weight excluding hydrogens is 246 g/mol. The van der Waals surface area contributed by atoms with Crippen LogP contribution in [0.15, 0.2) is 12.4 Å². The molecule has 1 aromatic heterocycles. The first-order valence-electron chi connectivity index (χ1n) is 8.47. The first-order chi connectivity index (χ1) is 9.69. The molecule has 0 aliphatic heterocycles. The van der Waals surface area contributed by atoms with Gasteiger partial charge >= 0.3 is 0 Å². The average Bonchev–Trinajstić information content (AvgIpc) is 2.86. The number of nitrogens with zero attached hydrogens (tertiary/aromatic N) is 2.